The van der Waals surface area contributed by atoms with Gasteiger partial charge in [0, 0.05) is 28.8 Å². The van der Waals surface area contributed by atoms with Gasteiger partial charge in [0.15, 0.2) is 5.12 Å². The van der Waals surface area contributed by atoms with Crippen LogP contribution in [-0.2, 0) is 9.59 Å². The highest BCUT2D eigenvalue weighted by Crippen LogP contribution is 2.16. The summed E-state index contributed by atoms with van der Waals surface area (Å²) in [5.41, 5.74) is 0.737. The van der Waals surface area contributed by atoms with Gasteiger partial charge in [-0.05, 0) is 31.0 Å². The van der Waals surface area contributed by atoms with Crippen LogP contribution in [0.25, 0.3) is 0 Å². The van der Waals surface area contributed by atoms with Crippen LogP contribution in [0.3, 0.4) is 0 Å². The SMILES string of the molecule is CC(C)C(=O)SCCCCCCC(=O)Nc1cccc(Cl)c1. The summed E-state index contributed by atoms with van der Waals surface area (Å²) < 4.78 is 0. The number of anilines is 1. The predicted octanol–water partition coefficient (Wildman–Crippen LogP) is 5.14. The molecule has 3 nitrogen and oxygen atoms in total. The summed E-state index contributed by atoms with van der Waals surface area (Å²) in [6.45, 7) is 3.85. The van der Waals surface area contributed by atoms with Crippen LogP contribution < -0.4 is 5.32 Å². The molecule has 0 aliphatic rings. The summed E-state index contributed by atoms with van der Waals surface area (Å²) in [5, 5.41) is 3.72. The Hall–Kier alpha value is -1.00. The van der Waals surface area contributed by atoms with E-state index < -0.39 is 0 Å². The Morgan fingerprint density at radius 3 is 2.59 bits per heavy atom. The van der Waals surface area contributed by atoms with Gasteiger partial charge in [0.25, 0.3) is 0 Å². The van der Waals surface area contributed by atoms with Gasteiger partial charge in [-0.1, -0.05) is 56.1 Å². The highest BCUT2D eigenvalue weighted by molar-refractivity contribution is 8.13. The molecular weight excluding hydrogens is 318 g/mol. The smallest absolute Gasteiger partial charge is 0.224 e. The highest BCUT2D eigenvalue weighted by atomic mass is 35.5. The molecule has 0 aromatic heterocycles. The van der Waals surface area contributed by atoms with Crippen molar-refractivity contribution in [2.24, 2.45) is 5.92 Å². The second kappa shape index (κ2) is 10.7. The zero-order valence-corrected chi connectivity index (χ0v) is 14.8. The molecule has 0 heterocycles. The Morgan fingerprint density at radius 2 is 1.91 bits per heavy atom. The zero-order valence-electron chi connectivity index (χ0n) is 13.2. The molecular formula is C17H24ClNO2S. The van der Waals surface area contributed by atoms with E-state index in [1.165, 1.54) is 11.8 Å². The van der Waals surface area contributed by atoms with Gasteiger partial charge in [-0.25, -0.2) is 0 Å². The Balaban J connectivity index is 2.05. The van der Waals surface area contributed by atoms with Crippen molar-refractivity contribution in [2.45, 2.75) is 46.0 Å². The molecule has 0 spiro atoms. The van der Waals surface area contributed by atoms with Crippen molar-refractivity contribution >= 4 is 40.1 Å². The van der Waals surface area contributed by atoms with Gasteiger partial charge >= 0.3 is 0 Å². The number of thioether (sulfide) groups is 1. The fraction of sp³-hybridized carbons (Fsp3) is 0.529. The number of unbranched alkanes of at least 4 members (excludes halogenated alkanes) is 3. The van der Waals surface area contributed by atoms with E-state index in [0.717, 1.165) is 37.1 Å². The van der Waals surface area contributed by atoms with Crippen LogP contribution in [0, 0.1) is 5.92 Å². The molecule has 0 saturated carbocycles. The first-order valence-electron chi connectivity index (χ1n) is 7.71. The second-order valence-electron chi connectivity index (χ2n) is 5.54. The number of hydrogen-bond acceptors (Lipinski definition) is 3. The van der Waals surface area contributed by atoms with Gasteiger partial charge in [-0.15, -0.1) is 0 Å². The van der Waals surface area contributed by atoms with Crippen LogP contribution in [0.4, 0.5) is 5.69 Å². The van der Waals surface area contributed by atoms with Crippen LogP contribution in [0.15, 0.2) is 24.3 Å². The lowest BCUT2D eigenvalue weighted by Gasteiger charge is -2.06. The fourth-order valence-corrected chi connectivity index (χ4v) is 2.94. The first-order valence-corrected chi connectivity index (χ1v) is 9.07. The maximum absolute atomic E-state index is 11.8. The third kappa shape index (κ3) is 8.44. The summed E-state index contributed by atoms with van der Waals surface area (Å²) >= 11 is 7.29. The molecule has 0 saturated heterocycles. The first-order chi connectivity index (χ1) is 10.5. The number of amides is 1. The van der Waals surface area contributed by atoms with Crippen LogP contribution in [-0.4, -0.2) is 16.8 Å². The molecule has 5 heteroatoms. The van der Waals surface area contributed by atoms with Crippen LogP contribution in [0.5, 0.6) is 0 Å². The fourth-order valence-electron chi connectivity index (χ4n) is 1.87. The number of halogens is 1. The van der Waals surface area contributed by atoms with Crippen molar-refractivity contribution in [2.75, 3.05) is 11.1 Å². The van der Waals surface area contributed by atoms with Crippen molar-refractivity contribution < 1.29 is 9.59 Å². The van der Waals surface area contributed by atoms with Crippen molar-refractivity contribution in [3.8, 4) is 0 Å². The molecule has 122 valence electrons. The maximum Gasteiger partial charge on any atom is 0.224 e. The van der Waals surface area contributed by atoms with Gasteiger partial charge in [-0.2, -0.15) is 0 Å². The van der Waals surface area contributed by atoms with E-state index in [1.54, 1.807) is 12.1 Å². The molecule has 1 N–H and O–H groups in total. The topological polar surface area (TPSA) is 46.2 Å². The first kappa shape index (κ1) is 19.0. The van der Waals surface area contributed by atoms with Gasteiger partial charge in [-0.3, -0.25) is 9.59 Å². The molecule has 0 aliphatic carbocycles. The molecule has 1 aromatic rings. The van der Waals surface area contributed by atoms with Crippen molar-refractivity contribution in [3.05, 3.63) is 29.3 Å². The molecule has 1 rings (SSSR count). The Kier molecular flexibility index (Phi) is 9.25. The van der Waals surface area contributed by atoms with E-state index in [-0.39, 0.29) is 16.9 Å². The van der Waals surface area contributed by atoms with Gasteiger partial charge in [0.05, 0.1) is 0 Å². The average Bonchev–Trinajstić information content (AvgIpc) is 2.45. The van der Waals surface area contributed by atoms with E-state index in [2.05, 4.69) is 5.32 Å². The molecule has 0 bridgehead atoms. The van der Waals surface area contributed by atoms with Crippen molar-refractivity contribution in [1.29, 1.82) is 0 Å². The number of hydrogen-bond donors (Lipinski definition) is 1. The molecule has 0 unspecified atom stereocenters. The minimum absolute atomic E-state index is 0.0200. The summed E-state index contributed by atoms with van der Waals surface area (Å²) in [4.78, 5) is 23.2. The lowest BCUT2D eigenvalue weighted by Crippen LogP contribution is -2.10. The number of benzene rings is 1. The Bertz CT molecular complexity index is 491. The summed E-state index contributed by atoms with van der Waals surface area (Å²) in [7, 11) is 0. The molecule has 1 aromatic carbocycles. The Labute approximate surface area is 142 Å². The molecule has 0 radical (unpaired) electrons. The minimum Gasteiger partial charge on any atom is -0.326 e. The molecule has 0 aliphatic heterocycles. The number of carbonyl (C=O) groups excluding carboxylic acids is 2. The third-order valence-electron chi connectivity index (χ3n) is 3.12. The lowest BCUT2D eigenvalue weighted by molar-refractivity contribution is -0.116. The van der Waals surface area contributed by atoms with Crippen LogP contribution >= 0.6 is 23.4 Å². The largest absolute Gasteiger partial charge is 0.326 e. The molecule has 0 fully saturated rings. The van der Waals surface area contributed by atoms with Gasteiger partial charge < -0.3 is 5.32 Å². The third-order valence-corrected chi connectivity index (χ3v) is 4.61. The van der Waals surface area contributed by atoms with Crippen molar-refractivity contribution in [3.63, 3.8) is 0 Å². The zero-order chi connectivity index (χ0) is 16.4. The predicted molar refractivity (Wildman–Crippen MR) is 95.5 cm³/mol. The van der Waals surface area contributed by atoms with Crippen molar-refractivity contribution in [1.82, 2.24) is 0 Å². The van der Waals surface area contributed by atoms with E-state index in [1.807, 2.05) is 26.0 Å². The molecule has 22 heavy (non-hydrogen) atoms. The normalized spacial score (nSPS) is 10.7. The number of nitrogens with one attached hydrogen (secondary N) is 1. The standard InChI is InChI=1S/C17H24ClNO2S/c1-13(2)17(21)22-11-6-4-3-5-10-16(20)19-15-9-7-8-14(18)12-15/h7-9,12-13H,3-6,10-11H2,1-2H3,(H,19,20). The van der Waals surface area contributed by atoms with E-state index in [9.17, 15) is 9.59 Å². The quantitative estimate of drug-likeness (QED) is 0.632. The summed E-state index contributed by atoms with van der Waals surface area (Å²) in [5.74, 6) is 1.01. The Morgan fingerprint density at radius 1 is 1.18 bits per heavy atom. The number of carbonyl (C=O) groups is 2. The summed E-state index contributed by atoms with van der Waals surface area (Å²) in [6, 6.07) is 7.16. The lowest BCUT2D eigenvalue weighted by atomic mass is 10.1. The monoisotopic (exact) mass is 341 g/mol. The molecule has 0 atom stereocenters. The maximum atomic E-state index is 11.8. The summed E-state index contributed by atoms with van der Waals surface area (Å²) in [6.07, 6.45) is 4.49. The van der Waals surface area contributed by atoms with E-state index >= 15 is 0 Å². The minimum atomic E-state index is 0.0200. The average molecular weight is 342 g/mol. The van der Waals surface area contributed by atoms with E-state index in [0.29, 0.717) is 11.4 Å². The second-order valence-corrected chi connectivity index (χ2v) is 7.08. The van der Waals surface area contributed by atoms with E-state index in [4.69, 9.17) is 11.6 Å². The van der Waals surface area contributed by atoms with Gasteiger partial charge in [0.2, 0.25) is 5.91 Å². The van der Waals surface area contributed by atoms with Crippen LogP contribution in [0.2, 0.25) is 5.02 Å². The molecule has 1 amide bonds. The van der Waals surface area contributed by atoms with Gasteiger partial charge in [0.1, 0.15) is 0 Å². The van der Waals surface area contributed by atoms with Crippen LogP contribution in [0.1, 0.15) is 46.0 Å². The highest BCUT2D eigenvalue weighted by Gasteiger charge is 2.07. The number of rotatable bonds is 9.